The molecule has 0 spiro atoms. The summed E-state index contributed by atoms with van der Waals surface area (Å²) < 4.78 is 2.02. The number of fused-ring (bicyclic) bond motifs is 1. The molecule has 4 nitrogen and oxygen atoms in total. The number of thiazole rings is 1. The summed E-state index contributed by atoms with van der Waals surface area (Å²) in [4.78, 5) is 16.9. The number of nitrogens with zero attached hydrogens (tertiary/aromatic N) is 2. The first-order valence-electron chi connectivity index (χ1n) is 7.76. The molecule has 0 bridgehead atoms. The number of amides is 1. The zero-order chi connectivity index (χ0) is 17.6. The van der Waals surface area contributed by atoms with Gasteiger partial charge in [-0.3, -0.25) is 4.79 Å². The number of hydrogen-bond donors (Lipinski definition) is 1. The number of benzene rings is 2. The maximum Gasteiger partial charge on any atom is 0.253 e. The van der Waals surface area contributed by atoms with Gasteiger partial charge in [0.25, 0.3) is 5.91 Å². The third-order valence-corrected chi connectivity index (χ3v) is 6.15. The molecule has 7 heteroatoms. The smallest absolute Gasteiger partial charge is 0.253 e. The van der Waals surface area contributed by atoms with Gasteiger partial charge in [-0.1, -0.05) is 54.6 Å². The average Bonchev–Trinajstić information content (AvgIpc) is 3.02. The van der Waals surface area contributed by atoms with Gasteiger partial charge in [0, 0.05) is 5.02 Å². The van der Waals surface area contributed by atoms with Gasteiger partial charge in [0.15, 0.2) is 4.34 Å². The molecule has 0 saturated carbocycles. The molecule has 1 amide bonds. The predicted octanol–water partition coefficient (Wildman–Crippen LogP) is 4.97. The molecule has 0 radical (unpaired) electrons. The Hall–Kier alpha value is -1.89. The molecule has 0 fully saturated rings. The maximum absolute atomic E-state index is 12.4. The Bertz CT molecular complexity index is 877. The van der Waals surface area contributed by atoms with Crippen molar-refractivity contribution in [1.82, 2.24) is 10.4 Å². The van der Waals surface area contributed by atoms with Crippen LogP contribution in [0.2, 0.25) is 5.02 Å². The van der Waals surface area contributed by atoms with E-state index >= 15 is 0 Å². The lowest BCUT2D eigenvalue weighted by Crippen LogP contribution is -2.28. The van der Waals surface area contributed by atoms with Gasteiger partial charge < -0.3 is 0 Å². The molecule has 25 heavy (non-hydrogen) atoms. The third-order valence-electron chi connectivity index (χ3n) is 3.42. The summed E-state index contributed by atoms with van der Waals surface area (Å²) >= 11 is 9.00. The Morgan fingerprint density at radius 3 is 2.96 bits per heavy atom. The molecule has 0 aliphatic heterocycles. The fraction of sp³-hybridized carbons (Fsp3) is 0.167. The van der Waals surface area contributed by atoms with Crippen LogP contribution >= 0.6 is 34.7 Å². The van der Waals surface area contributed by atoms with E-state index in [0.717, 1.165) is 20.1 Å². The second kappa shape index (κ2) is 8.47. The standard InChI is InChI=1S/C18H16ClN3OS2/c1-2-15(24-18-21-14-8-3-4-9-16(14)25-18)17(23)22-20-11-12-6-5-7-13(19)10-12/h3-11,15H,2H2,1H3,(H,22,23)/b20-11+/t15-/m0/s1. The normalized spacial score (nSPS) is 12.6. The number of aromatic nitrogens is 1. The number of nitrogens with one attached hydrogen (secondary N) is 1. The number of hydrogen-bond acceptors (Lipinski definition) is 5. The van der Waals surface area contributed by atoms with Crippen LogP contribution in [0, 0.1) is 0 Å². The molecule has 2 aromatic carbocycles. The zero-order valence-corrected chi connectivity index (χ0v) is 15.9. The van der Waals surface area contributed by atoms with E-state index in [0.29, 0.717) is 11.4 Å². The van der Waals surface area contributed by atoms with Crippen LogP contribution in [-0.4, -0.2) is 22.4 Å². The Morgan fingerprint density at radius 2 is 2.20 bits per heavy atom. The van der Waals surface area contributed by atoms with Crippen LogP contribution < -0.4 is 5.43 Å². The van der Waals surface area contributed by atoms with E-state index in [1.807, 2.05) is 43.3 Å². The summed E-state index contributed by atoms with van der Waals surface area (Å²) in [5, 5.41) is 4.42. The van der Waals surface area contributed by atoms with Crippen molar-refractivity contribution in [3.05, 3.63) is 59.1 Å². The first kappa shape index (κ1) is 17.9. The molecular formula is C18H16ClN3OS2. The lowest BCUT2D eigenvalue weighted by molar-refractivity contribution is -0.120. The molecule has 1 atom stereocenters. The quantitative estimate of drug-likeness (QED) is 0.368. The Morgan fingerprint density at radius 1 is 1.36 bits per heavy atom. The summed E-state index contributed by atoms with van der Waals surface area (Å²) in [6.45, 7) is 1.98. The van der Waals surface area contributed by atoms with Crippen molar-refractivity contribution in [3.63, 3.8) is 0 Å². The number of thioether (sulfide) groups is 1. The van der Waals surface area contributed by atoms with Crippen molar-refractivity contribution >= 4 is 57.0 Å². The minimum Gasteiger partial charge on any atom is -0.272 e. The molecule has 0 aliphatic rings. The van der Waals surface area contributed by atoms with Crippen molar-refractivity contribution in [2.75, 3.05) is 0 Å². The molecule has 3 aromatic rings. The van der Waals surface area contributed by atoms with E-state index < -0.39 is 0 Å². The number of carbonyl (C=O) groups is 1. The largest absolute Gasteiger partial charge is 0.272 e. The van der Waals surface area contributed by atoms with E-state index in [-0.39, 0.29) is 11.2 Å². The van der Waals surface area contributed by atoms with Crippen LogP contribution in [0.5, 0.6) is 0 Å². The third kappa shape index (κ3) is 4.81. The monoisotopic (exact) mass is 389 g/mol. The first-order valence-corrected chi connectivity index (χ1v) is 9.84. The minimum atomic E-state index is -0.239. The number of para-hydroxylation sites is 1. The van der Waals surface area contributed by atoms with Gasteiger partial charge >= 0.3 is 0 Å². The molecule has 1 N–H and O–H groups in total. The van der Waals surface area contributed by atoms with Crippen LogP contribution in [0.1, 0.15) is 18.9 Å². The molecule has 128 valence electrons. The SMILES string of the molecule is CC[C@H](Sc1nc2ccccc2s1)C(=O)N/N=C/c1cccc(Cl)c1. The molecule has 0 aliphatic carbocycles. The van der Waals surface area contributed by atoms with Gasteiger partial charge in [-0.2, -0.15) is 5.10 Å². The van der Waals surface area contributed by atoms with E-state index in [2.05, 4.69) is 15.5 Å². The summed E-state index contributed by atoms with van der Waals surface area (Å²) in [6.07, 6.45) is 2.28. The highest BCUT2D eigenvalue weighted by Crippen LogP contribution is 2.33. The molecule has 3 rings (SSSR count). The highest BCUT2D eigenvalue weighted by atomic mass is 35.5. The number of rotatable bonds is 6. The number of hydrazone groups is 1. The lowest BCUT2D eigenvalue weighted by atomic mass is 10.2. The summed E-state index contributed by atoms with van der Waals surface area (Å²) in [6, 6.07) is 15.2. The van der Waals surface area contributed by atoms with Crippen molar-refractivity contribution in [3.8, 4) is 0 Å². The van der Waals surface area contributed by atoms with Crippen LogP contribution in [0.3, 0.4) is 0 Å². The van der Waals surface area contributed by atoms with E-state index in [4.69, 9.17) is 11.6 Å². The fourth-order valence-corrected chi connectivity index (χ4v) is 4.60. The predicted molar refractivity (Wildman–Crippen MR) is 107 cm³/mol. The van der Waals surface area contributed by atoms with E-state index in [9.17, 15) is 4.79 Å². The van der Waals surface area contributed by atoms with Crippen molar-refractivity contribution in [2.45, 2.75) is 22.9 Å². The Balaban J connectivity index is 1.62. The first-order chi connectivity index (χ1) is 12.2. The summed E-state index contributed by atoms with van der Waals surface area (Å²) in [5.74, 6) is -0.134. The van der Waals surface area contributed by atoms with Crippen molar-refractivity contribution < 1.29 is 4.79 Å². The van der Waals surface area contributed by atoms with Gasteiger partial charge in [-0.25, -0.2) is 10.4 Å². The lowest BCUT2D eigenvalue weighted by Gasteiger charge is -2.10. The van der Waals surface area contributed by atoms with Gasteiger partial charge in [0.2, 0.25) is 0 Å². The van der Waals surface area contributed by atoms with Crippen LogP contribution in [-0.2, 0) is 4.79 Å². The molecule has 1 aromatic heterocycles. The van der Waals surface area contributed by atoms with Crippen molar-refractivity contribution in [2.24, 2.45) is 5.10 Å². The molecule has 1 heterocycles. The second-order valence-corrected chi connectivity index (χ2v) is 8.17. The minimum absolute atomic E-state index is 0.134. The summed E-state index contributed by atoms with van der Waals surface area (Å²) in [7, 11) is 0. The molecule has 0 unspecified atom stereocenters. The van der Waals surface area contributed by atoms with Gasteiger partial charge in [0.1, 0.15) is 0 Å². The summed E-state index contributed by atoms with van der Waals surface area (Å²) in [5.41, 5.74) is 4.39. The topological polar surface area (TPSA) is 54.4 Å². The van der Waals surface area contributed by atoms with Gasteiger partial charge in [-0.05, 0) is 36.2 Å². The average molecular weight is 390 g/mol. The highest BCUT2D eigenvalue weighted by molar-refractivity contribution is 8.02. The van der Waals surface area contributed by atoms with Crippen molar-refractivity contribution in [1.29, 1.82) is 0 Å². The van der Waals surface area contributed by atoms with Crippen LogP contribution in [0.25, 0.3) is 10.2 Å². The maximum atomic E-state index is 12.4. The van der Waals surface area contributed by atoms with Crippen LogP contribution in [0.15, 0.2) is 58.0 Å². The number of carbonyl (C=O) groups excluding carboxylic acids is 1. The zero-order valence-electron chi connectivity index (χ0n) is 13.5. The Labute approximate surface area is 159 Å². The second-order valence-electron chi connectivity index (χ2n) is 5.25. The van der Waals surface area contributed by atoms with E-state index in [1.165, 1.54) is 11.8 Å². The van der Waals surface area contributed by atoms with Gasteiger partial charge in [0.05, 0.1) is 21.7 Å². The van der Waals surface area contributed by atoms with Gasteiger partial charge in [-0.15, -0.1) is 11.3 Å². The fourth-order valence-electron chi connectivity index (χ4n) is 2.17. The molecular weight excluding hydrogens is 374 g/mol. The Kier molecular flexibility index (Phi) is 6.07. The van der Waals surface area contributed by atoms with E-state index in [1.54, 1.807) is 29.7 Å². The number of halogens is 1. The van der Waals surface area contributed by atoms with Crippen LogP contribution in [0.4, 0.5) is 0 Å². The highest BCUT2D eigenvalue weighted by Gasteiger charge is 2.19. The molecule has 0 saturated heterocycles.